The Labute approximate surface area is 178 Å². The van der Waals surface area contributed by atoms with Gasteiger partial charge < -0.3 is 19.3 Å². The molecular formula is C26H28N2O2. The molecule has 2 atom stereocenters. The number of aliphatic hydroxyl groups excluding tert-OH is 1. The SMILES string of the molecule is CN(C)CC(O)C(c1ccccc1)n1ccc2cc(OCc3ccccc3)ccc21. The Morgan fingerprint density at radius 1 is 0.900 bits per heavy atom. The molecule has 1 heterocycles. The fourth-order valence-electron chi connectivity index (χ4n) is 3.91. The summed E-state index contributed by atoms with van der Waals surface area (Å²) in [6.45, 7) is 1.12. The third-order valence-electron chi connectivity index (χ3n) is 5.30. The van der Waals surface area contributed by atoms with Crippen LogP contribution in [-0.4, -0.2) is 41.3 Å². The molecule has 0 fully saturated rings. The van der Waals surface area contributed by atoms with Crippen LogP contribution in [0.5, 0.6) is 5.75 Å². The number of aromatic nitrogens is 1. The van der Waals surface area contributed by atoms with E-state index < -0.39 is 6.10 Å². The molecule has 0 saturated heterocycles. The maximum Gasteiger partial charge on any atom is 0.120 e. The number of fused-ring (bicyclic) bond motifs is 1. The van der Waals surface area contributed by atoms with Crippen LogP contribution >= 0.6 is 0 Å². The van der Waals surface area contributed by atoms with Crippen LogP contribution in [0.3, 0.4) is 0 Å². The van der Waals surface area contributed by atoms with Crippen molar-refractivity contribution in [3.63, 3.8) is 0 Å². The van der Waals surface area contributed by atoms with Gasteiger partial charge in [-0.15, -0.1) is 0 Å². The Hall–Kier alpha value is -3.08. The summed E-state index contributed by atoms with van der Waals surface area (Å²) in [5.41, 5.74) is 3.31. The third-order valence-corrected chi connectivity index (χ3v) is 5.30. The third kappa shape index (κ3) is 4.56. The molecule has 0 amide bonds. The lowest BCUT2D eigenvalue weighted by molar-refractivity contribution is 0.101. The first-order valence-electron chi connectivity index (χ1n) is 10.3. The van der Waals surface area contributed by atoms with E-state index in [-0.39, 0.29) is 6.04 Å². The number of likely N-dealkylation sites (N-methyl/N-ethyl adjacent to an activating group) is 1. The second kappa shape index (κ2) is 9.16. The number of benzene rings is 3. The zero-order valence-corrected chi connectivity index (χ0v) is 17.5. The Bertz CT molecular complexity index is 1070. The predicted molar refractivity (Wildman–Crippen MR) is 122 cm³/mol. The molecule has 0 spiro atoms. The number of aliphatic hydroxyl groups is 1. The molecule has 0 aliphatic heterocycles. The second-order valence-electron chi connectivity index (χ2n) is 7.90. The Kier molecular flexibility index (Phi) is 6.17. The van der Waals surface area contributed by atoms with Crippen molar-refractivity contribution in [1.82, 2.24) is 9.47 Å². The molecule has 30 heavy (non-hydrogen) atoms. The summed E-state index contributed by atoms with van der Waals surface area (Å²) in [7, 11) is 3.96. The van der Waals surface area contributed by atoms with Gasteiger partial charge in [-0.1, -0.05) is 60.7 Å². The van der Waals surface area contributed by atoms with Crippen LogP contribution in [0.15, 0.2) is 91.1 Å². The van der Waals surface area contributed by atoms with Crippen molar-refractivity contribution >= 4 is 10.9 Å². The number of nitrogens with zero attached hydrogens (tertiary/aromatic N) is 2. The largest absolute Gasteiger partial charge is 0.489 e. The molecule has 1 aromatic heterocycles. The molecule has 1 N–H and O–H groups in total. The molecule has 0 radical (unpaired) electrons. The highest BCUT2D eigenvalue weighted by atomic mass is 16.5. The van der Waals surface area contributed by atoms with Gasteiger partial charge in [0.2, 0.25) is 0 Å². The second-order valence-corrected chi connectivity index (χ2v) is 7.90. The summed E-state index contributed by atoms with van der Waals surface area (Å²) in [5.74, 6) is 0.842. The van der Waals surface area contributed by atoms with Gasteiger partial charge in [0.15, 0.2) is 0 Å². The highest BCUT2D eigenvalue weighted by Crippen LogP contribution is 2.30. The molecule has 0 aliphatic carbocycles. The van der Waals surface area contributed by atoms with E-state index >= 15 is 0 Å². The molecule has 154 valence electrons. The molecule has 0 aliphatic rings. The molecule has 0 saturated carbocycles. The summed E-state index contributed by atoms with van der Waals surface area (Å²) in [4.78, 5) is 2.02. The number of ether oxygens (including phenoxy) is 1. The van der Waals surface area contributed by atoms with Gasteiger partial charge in [0.05, 0.1) is 12.1 Å². The maximum absolute atomic E-state index is 11.0. The van der Waals surface area contributed by atoms with Gasteiger partial charge >= 0.3 is 0 Å². The van der Waals surface area contributed by atoms with Crippen LogP contribution < -0.4 is 4.74 Å². The number of hydrogen-bond acceptors (Lipinski definition) is 3. The molecule has 4 heteroatoms. The van der Waals surface area contributed by atoms with Crippen LogP contribution in [0.4, 0.5) is 0 Å². The van der Waals surface area contributed by atoms with Gasteiger partial charge in [-0.3, -0.25) is 0 Å². The van der Waals surface area contributed by atoms with Gasteiger partial charge in [0, 0.05) is 23.6 Å². The van der Waals surface area contributed by atoms with E-state index in [0.717, 1.165) is 27.8 Å². The first kappa shape index (κ1) is 20.2. The maximum atomic E-state index is 11.0. The van der Waals surface area contributed by atoms with Crippen LogP contribution in [-0.2, 0) is 6.61 Å². The quantitative estimate of drug-likeness (QED) is 0.465. The van der Waals surface area contributed by atoms with Crippen LogP contribution in [0.2, 0.25) is 0 Å². The standard InChI is InChI=1S/C26H28N2O2/c1-27(2)18-25(29)26(21-11-7-4-8-12-21)28-16-15-22-17-23(13-14-24(22)28)30-19-20-9-5-3-6-10-20/h3-17,25-26,29H,18-19H2,1-2H3. The molecule has 0 bridgehead atoms. The lowest BCUT2D eigenvalue weighted by Crippen LogP contribution is -2.34. The van der Waals surface area contributed by atoms with Crippen molar-refractivity contribution in [2.45, 2.75) is 18.8 Å². The van der Waals surface area contributed by atoms with Crippen molar-refractivity contribution < 1.29 is 9.84 Å². The lowest BCUT2D eigenvalue weighted by atomic mass is 10.0. The van der Waals surface area contributed by atoms with Gasteiger partial charge in [-0.2, -0.15) is 0 Å². The molecule has 3 aromatic carbocycles. The van der Waals surface area contributed by atoms with Gasteiger partial charge in [-0.25, -0.2) is 0 Å². The smallest absolute Gasteiger partial charge is 0.120 e. The highest BCUT2D eigenvalue weighted by Gasteiger charge is 2.24. The van der Waals surface area contributed by atoms with Crippen molar-refractivity contribution in [3.05, 3.63) is 102 Å². The fourth-order valence-corrected chi connectivity index (χ4v) is 3.91. The minimum atomic E-state index is -0.535. The van der Waals surface area contributed by atoms with Crippen molar-refractivity contribution in [2.24, 2.45) is 0 Å². The lowest BCUT2D eigenvalue weighted by Gasteiger charge is -2.28. The number of hydrogen-bond donors (Lipinski definition) is 1. The van der Waals surface area contributed by atoms with E-state index in [1.165, 1.54) is 0 Å². The zero-order chi connectivity index (χ0) is 20.9. The molecule has 4 nitrogen and oxygen atoms in total. The van der Waals surface area contributed by atoms with E-state index in [0.29, 0.717) is 13.2 Å². The zero-order valence-electron chi connectivity index (χ0n) is 17.5. The average Bonchev–Trinajstić information content (AvgIpc) is 3.16. The molecule has 4 aromatic rings. The van der Waals surface area contributed by atoms with Gasteiger partial charge in [0.25, 0.3) is 0 Å². The van der Waals surface area contributed by atoms with E-state index in [1.54, 1.807) is 0 Å². The minimum absolute atomic E-state index is 0.165. The summed E-state index contributed by atoms with van der Waals surface area (Å²) >= 11 is 0. The summed E-state index contributed by atoms with van der Waals surface area (Å²) < 4.78 is 8.16. The van der Waals surface area contributed by atoms with E-state index in [9.17, 15) is 5.11 Å². The first-order valence-corrected chi connectivity index (χ1v) is 10.3. The Morgan fingerprint density at radius 2 is 1.60 bits per heavy atom. The molecule has 4 rings (SSSR count). The predicted octanol–water partition coefficient (Wildman–Crippen LogP) is 4.73. The summed E-state index contributed by atoms with van der Waals surface area (Å²) in [6.07, 6.45) is 1.52. The van der Waals surface area contributed by atoms with Gasteiger partial charge in [-0.05, 0) is 49.5 Å². The van der Waals surface area contributed by atoms with Crippen molar-refractivity contribution in [3.8, 4) is 5.75 Å². The summed E-state index contributed by atoms with van der Waals surface area (Å²) in [5, 5.41) is 12.1. The van der Waals surface area contributed by atoms with Gasteiger partial charge in [0.1, 0.15) is 12.4 Å². The van der Waals surface area contributed by atoms with E-state index in [4.69, 9.17) is 4.74 Å². The highest BCUT2D eigenvalue weighted by molar-refractivity contribution is 5.82. The van der Waals surface area contributed by atoms with Crippen LogP contribution in [0, 0.1) is 0 Å². The normalized spacial score (nSPS) is 13.5. The minimum Gasteiger partial charge on any atom is -0.489 e. The summed E-state index contributed by atoms with van der Waals surface area (Å²) in [6, 6.07) is 28.4. The van der Waals surface area contributed by atoms with Crippen molar-refractivity contribution in [1.29, 1.82) is 0 Å². The topological polar surface area (TPSA) is 37.6 Å². The van der Waals surface area contributed by atoms with Crippen LogP contribution in [0.1, 0.15) is 17.2 Å². The Morgan fingerprint density at radius 3 is 2.30 bits per heavy atom. The first-order chi connectivity index (χ1) is 14.6. The van der Waals surface area contributed by atoms with Crippen molar-refractivity contribution in [2.75, 3.05) is 20.6 Å². The molecule has 2 unspecified atom stereocenters. The van der Waals surface area contributed by atoms with Crippen LogP contribution in [0.25, 0.3) is 10.9 Å². The number of rotatable bonds is 8. The monoisotopic (exact) mass is 400 g/mol. The van der Waals surface area contributed by atoms with E-state index in [2.05, 4.69) is 53.2 Å². The van der Waals surface area contributed by atoms with E-state index in [1.807, 2.05) is 61.5 Å². The fraction of sp³-hybridized carbons (Fsp3) is 0.231. The molecular weight excluding hydrogens is 372 g/mol. The average molecular weight is 401 g/mol. The Balaban J connectivity index is 1.63.